The van der Waals surface area contributed by atoms with Crippen molar-refractivity contribution >= 4 is 17.3 Å². The molecule has 2 aromatic rings. The number of anilines is 2. The minimum Gasteiger partial charge on any atom is -0.497 e. The summed E-state index contributed by atoms with van der Waals surface area (Å²) in [7, 11) is 1.62. The van der Waals surface area contributed by atoms with Gasteiger partial charge in [-0.25, -0.2) is 0 Å². The van der Waals surface area contributed by atoms with Gasteiger partial charge in [0.15, 0.2) is 0 Å². The average molecular weight is 384 g/mol. The van der Waals surface area contributed by atoms with Gasteiger partial charge in [0.05, 0.1) is 38.3 Å². The van der Waals surface area contributed by atoms with Crippen molar-refractivity contribution in [2.75, 3.05) is 50.2 Å². The Kier molecular flexibility index (Phi) is 6.76. The Labute approximate surface area is 166 Å². The molecule has 0 radical (unpaired) electrons. The van der Waals surface area contributed by atoms with Gasteiger partial charge < -0.3 is 24.4 Å². The zero-order valence-electron chi connectivity index (χ0n) is 16.7. The van der Waals surface area contributed by atoms with Crippen LogP contribution in [0.1, 0.15) is 24.2 Å². The lowest BCUT2D eigenvalue weighted by Gasteiger charge is -2.30. The molecule has 1 aliphatic heterocycles. The van der Waals surface area contributed by atoms with E-state index >= 15 is 0 Å². The summed E-state index contributed by atoms with van der Waals surface area (Å²) in [5, 5.41) is 3.03. The fraction of sp³-hybridized carbons (Fsp3) is 0.409. The molecule has 1 aliphatic rings. The summed E-state index contributed by atoms with van der Waals surface area (Å²) in [6, 6.07) is 13.0. The van der Waals surface area contributed by atoms with Crippen LogP contribution in [0.3, 0.4) is 0 Å². The van der Waals surface area contributed by atoms with Crippen molar-refractivity contribution in [1.82, 2.24) is 0 Å². The van der Waals surface area contributed by atoms with E-state index in [2.05, 4.69) is 24.1 Å². The maximum absolute atomic E-state index is 12.9. The van der Waals surface area contributed by atoms with Crippen LogP contribution in [0.5, 0.6) is 11.5 Å². The van der Waals surface area contributed by atoms with Crippen LogP contribution in [0.2, 0.25) is 0 Å². The second-order valence-electron chi connectivity index (χ2n) is 7.17. The molecule has 0 aliphatic carbocycles. The fourth-order valence-corrected chi connectivity index (χ4v) is 3.01. The van der Waals surface area contributed by atoms with Crippen LogP contribution in [-0.4, -0.2) is 45.9 Å². The van der Waals surface area contributed by atoms with Crippen molar-refractivity contribution in [3.05, 3.63) is 48.0 Å². The van der Waals surface area contributed by atoms with Crippen molar-refractivity contribution in [3.63, 3.8) is 0 Å². The van der Waals surface area contributed by atoms with E-state index in [1.54, 1.807) is 19.2 Å². The Bertz CT molecular complexity index is 801. The van der Waals surface area contributed by atoms with Crippen LogP contribution < -0.4 is 19.7 Å². The van der Waals surface area contributed by atoms with E-state index in [1.165, 1.54) is 0 Å². The first-order chi connectivity index (χ1) is 13.6. The van der Waals surface area contributed by atoms with Crippen LogP contribution >= 0.6 is 0 Å². The Morgan fingerprint density at radius 3 is 2.64 bits per heavy atom. The van der Waals surface area contributed by atoms with Crippen molar-refractivity contribution in [2.24, 2.45) is 5.92 Å². The molecule has 1 heterocycles. The molecule has 3 rings (SSSR count). The normalized spacial score (nSPS) is 14.1. The third-order valence-electron chi connectivity index (χ3n) is 4.48. The molecular formula is C22H28N2O4. The number of hydrogen-bond donors (Lipinski definition) is 1. The predicted octanol–water partition coefficient (Wildman–Crippen LogP) is 3.82. The maximum atomic E-state index is 12.9. The minimum absolute atomic E-state index is 0.183. The van der Waals surface area contributed by atoms with Gasteiger partial charge in [-0.2, -0.15) is 0 Å². The number of ether oxygens (including phenoxy) is 3. The molecule has 0 spiro atoms. The van der Waals surface area contributed by atoms with Crippen molar-refractivity contribution in [2.45, 2.75) is 13.8 Å². The lowest BCUT2D eigenvalue weighted by Crippen LogP contribution is -2.36. The third-order valence-corrected chi connectivity index (χ3v) is 4.48. The van der Waals surface area contributed by atoms with Crippen LogP contribution in [0, 0.1) is 5.92 Å². The van der Waals surface area contributed by atoms with Gasteiger partial charge in [-0.1, -0.05) is 19.9 Å². The molecule has 28 heavy (non-hydrogen) atoms. The first-order valence-electron chi connectivity index (χ1n) is 9.62. The summed E-state index contributed by atoms with van der Waals surface area (Å²) < 4.78 is 16.5. The first-order valence-corrected chi connectivity index (χ1v) is 9.62. The van der Waals surface area contributed by atoms with E-state index in [0.29, 0.717) is 42.8 Å². The molecule has 1 amide bonds. The van der Waals surface area contributed by atoms with Gasteiger partial charge in [-0.3, -0.25) is 4.79 Å². The Morgan fingerprint density at radius 2 is 1.93 bits per heavy atom. The second-order valence-corrected chi connectivity index (χ2v) is 7.17. The molecule has 6 nitrogen and oxygen atoms in total. The van der Waals surface area contributed by atoms with Gasteiger partial charge in [0, 0.05) is 24.7 Å². The Balaban J connectivity index is 1.80. The second kappa shape index (κ2) is 9.46. The standard InChI is InChI=1S/C22H28N2O4/c1-16(2)15-28-19-6-4-5-17(13-19)22(25)23-20-14-18(26-3)7-8-21(20)24-9-11-27-12-10-24/h4-8,13-14,16H,9-12,15H2,1-3H3,(H,23,25). The summed E-state index contributed by atoms with van der Waals surface area (Å²) in [6.45, 7) is 7.71. The molecule has 1 saturated heterocycles. The summed E-state index contributed by atoms with van der Waals surface area (Å²) >= 11 is 0. The van der Waals surface area contributed by atoms with Crippen molar-refractivity contribution in [3.8, 4) is 11.5 Å². The smallest absolute Gasteiger partial charge is 0.255 e. The molecule has 2 aromatic carbocycles. The van der Waals surface area contributed by atoms with E-state index in [-0.39, 0.29) is 5.91 Å². The monoisotopic (exact) mass is 384 g/mol. The van der Waals surface area contributed by atoms with E-state index < -0.39 is 0 Å². The van der Waals surface area contributed by atoms with Gasteiger partial charge in [-0.15, -0.1) is 0 Å². The van der Waals surface area contributed by atoms with E-state index in [1.807, 2.05) is 30.3 Å². The van der Waals surface area contributed by atoms with E-state index in [9.17, 15) is 4.79 Å². The van der Waals surface area contributed by atoms with Gasteiger partial charge in [0.1, 0.15) is 11.5 Å². The number of rotatable bonds is 7. The molecule has 150 valence electrons. The van der Waals surface area contributed by atoms with Crippen molar-refractivity contribution < 1.29 is 19.0 Å². The lowest BCUT2D eigenvalue weighted by atomic mass is 10.1. The number of benzene rings is 2. The predicted molar refractivity (Wildman–Crippen MR) is 111 cm³/mol. The molecule has 1 fully saturated rings. The van der Waals surface area contributed by atoms with Crippen molar-refractivity contribution in [1.29, 1.82) is 0 Å². The molecule has 0 saturated carbocycles. The SMILES string of the molecule is COc1ccc(N2CCOCC2)c(NC(=O)c2cccc(OCC(C)C)c2)c1. The Hall–Kier alpha value is -2.73. The highest BCUT2D eigenvalue weighted by molar-refractivity contribution is 6.06. The summed E-state index contributed by atoms with van der Waals surface area (Å²) in [6.07, 6.45) is 0. The van der Waals surface area contributed by atoms with E-state index in [4.69, 9.17) is 14.2 Å². The number of nitrogens with one attached hydrogen (secondary N) is 1. The first kappa shape index (κ1) is 20.0. The zero-order valence-corrected chi connectivity index (χ0v) is 16.7. The van der Waals surface area contributed by atoms with Crippen LogP contribution in [0.15, 0.2) is 42.5 Å². The molecule has 0 bridgehead atoms. The van der Waals surface area contributed by atoms with Gasteiger partial charge in [0.25, 0.3) is 5.91 Å². The minimum atomic E-state index is -0.183. The number of methoxy groups -OCH3 is 1. The van der Waals surface area contributed by atoms with Gasteiger partial charge in [0.2, 0.25) is 0 Å². The summed E-state index contributed by atoms with van der Waals surface area (Å²) in [5.41, 5.74) is 2.24. The number of amides is 1. The molecule has 0 unspecified atom stereocenters. The van der Waals surface area contributed by atoms with Crippen LogP contribution in [0.4, 0.5) is 11.4 Å². The molecule has 6 heteroatoms. The molecule has 1 N–H and O–H groups in total. The van der Waals surface area contributed by atoms with Crippen LogP contribution in [-0.2, 0) is 4.74 Å². The summed E-state index contributed by atoms with van der Waals surface area (Å²) in [4.78, 5) is 15.1. The fourth-order valence-electron chi connectivity index (χ4n) is 3.01. The Morgan fingerprint density at radius 1 is 1.14 bits per heavy atom. The number of hydrogen-bond acceptors (Lipinski definition) is 5. The van der Waals surface area contributed by atoms with Gasteiger partial charge in [-0.05, 0) is 36.2 Å². The average Bonchev–Trinajstić information content (AvgIpc) is 2.73. The maximum Gasteiger partial charge on any atom is 0.255 e. The number of carbonyl (C=O) groups excluding carboxylic acids is 1. The molecule has 0 atom stereocenters. The third kappa shape index (κ3) is 5.16. The van der Waals surface area contributed by atoms with Gasteiger partial charge >= 0.3 is 0 Å². The number of nitrogens with zero attached hydrogens (tertiary/aromatic N) is 1. The number of morpholine rings is 1. The summed E-state index contributed by atoms with van der Waals surface area (Å²) in [5.74, 6) is 1.63. The number of carbonyl (C=O) groups is 1. The topological polar surface area (TPSA) is 60.0 Å². The quantitative estimate of drug-likeness (QED) is 0.786. The van der Waals surface area contributed by atoms with E-state index in [0.717, 1.165) is 24.5 Å². The zero-order chi connectivity index (χ0) is 19.9. The lowest BCUT2D eigenvalue weighted by molar-refractivity contribution is 0.102. The largest absolute Gasteiger partial charge is 0.497 e. The highest BCUT2D eigenvalue weighted by Gasteiger charge is 2.18. The highest BCUT2D eigenvalue weighted by Crippen LogP contribution is 2.31. The molecular weight excluding hydrogens is 356 g/mol. The van der Waals surface area contributed by atoms with Crippen LogP contribution in [0.25, 0.3) is 0 Å². The molecule has 0 aromatic heterocycles. The highest BCUT2D eigenvalue weighted by atomic mass is 16.5.